The number of amides is 1. The van der Waals surface area contributed by atoms with Gasteiger partial charge >= 0.3 is 23.9 Å². The maximum absolute atomic E-state index is 12.6. The van der Waals surface area contributed by atoms with Crippen LogP contribution in [0.4, 0.5) is 11.6 Å². The zero-order valence-electron chi connectivity index (χ0n) is 21.3. The third-order valence-corrected chi connectivity index (χ3v) is 5.55. The van der Waals surface area contributed by atoms with E-state index >= 15 is 0 Å². The number of nitrogen functional groups attached to an aromatic ring is 1. The van der Waals surface area contributed by atoms with E-state index in [0.29, 0.717) is 11.4 Å². The molecule has 0 radical (unpaired) electrons. The molecule has 2 aromatic heterocycles. The minimum Gasteiger partial charge on any atom is -0.480 e. The van der Waals surface area contributed by atoms with Gasteiger partial charge in [0.15, 0.2) is 11.2 Å². The number of esters is 2. The summed E-state index contributed by atoms with van der Waals surface area (Å²) in [4.78, 5) is 84.8. The van der Waals surface area contributed by atoms with Crippen molar-refractivity contribution in [2.75, 3.05) is 11.1 Å². The first kappa shape index (κ1) is 30.1. The van der Waals surface area contributed by atoms with Gasteiger partial charge in [-0.05, 0) is 37.1 Å². The molecule has 17 nitrogen and oxygen atoms in total. The van der Waals surface area contributed by atoms with Crippen molar-refractivity contribution in [1.82, 2.24) is 25.3 Å². The second-order valence-corrected chi connectivity index (χ2v) is 8.65. The van der Waals surface area contributed by atoms with Gasteiger partial charge in [0.2, 0.25) is 5.95 Å². The van der Waals surface area contributed by atoms with Crippen molar-refractivity contribution in [3.63, 3.8) is 0 Å². The molecular weight excluding hydrogens is 544 g/mol. The third-order valence-electron chi connectivity index (χ3n) is 5.55. The molecule has 0 aliphatic carbocycles. The predicted molar refractivity (Wildman–Crippen MR) is 140 cm³/mol. The van der Waals surface area contributed by atoms with Crippen LogP contribution in [0.2, 0.25) is 0 Å². The number of nitrogens with zero attached hydrogens (tertiary/aromatic N) is 3. The molecule has 9 N–H and O–H groups in total. The van der Waals surface area contributed by atoms with Crippen LogP contribution in [0.5, 0.6) is 0 Å². The fraction of sp³-hybridized carbons (Fsp3) is 0.292. The predicted octanol–water partition coefficient (Wildman–Crippen LogP) is -0.867. The van der Waals surface area contributed by atoms with Gasteiger partial charge in [0.05, 0.1) is 18.4 Å². The number of nitrogens with two attached hydrogens (primary N) is 2. The lowest BCUT2D eigenvalue weighted by Crippen LogP contribution is -2.41. The highest BCUT2D eigenvalue weighted by molar-refractivity contribution is 5.97. The molecule has 41 heavy (non-hydrogen) atoms. The Morgan fingerprint density at radius 3 is 2.27 bits per heavy atom. The maximum atomic E-state index is 12.6. The summed E-state index contributed by atoms with van der Waals surface area (Å²) in [6.45, 7) is 0.185. The number of ether oxygens (including phenoxy) is 1. The van der Waals surface area contributed by atoms with Gasteiger partial charge < -0.3 is 37.1 Å². The number of fused-ring (bicyclic) bond motifs is 1. The van der Waals surface area contributed by atoms with Gasteiger partial charge in [-0.2, -0.15) is 4.98 Å². The summed E-state index contributed by atoms with van der Waals surface area (Å²) in [6.07, 6.45) is -0.0831. The first-order valence-electron chi connectivity index (χ1n) is 12.0. The third kappa shape index (κ3) is 8.79. The quantitative estimate of drug-likeness (QED) is 0.0971. The monoisotopic (exact) mass is 570 g/mol. The van der Waals surface area contributed by atoms with Crippen LogP contribution in [-0.4, -0.2) is 72.0 Å². The number of benzene rings is 1. The van der Waals surface area contributed by atoms with E-state index in [-0.39, 0.29) is 42.1 Å². The minimum atomic E-state index is -1.46. The average molecular weight is 571 g/mol. The number of hydrogen-bond donors (Lipinski definition) is 7. The number of nitrogens with one attached hydrogen (secondary N) is 3. The Kier molecular flexibility index (Phi) is 9.96. The number of aromatic amines is 1. The van der Waals surface area contributed by atoms with Crippen molar-refractivity contribution < 1.29 is 38.9 Å². The van der Waals surface area contributed by atoms with Crippen molar-refractivity contribution >= 4 is 52.6 Å². The zero-order chi connectivity index (χ0) is 30.1. The van der Waals surface area contributed by atoms with Crippen molar-refractivity contribution in [1.29, 1.82) is 0 Å². The fourth-order valence-corrected chi connectivity index (χ4v) is 3.38. The number of rotatable bonds is 13. The molecule has 0 spiro atoms. The smallest absolute Gasteiger partial charge is 0.326 e. The van der Waals surface area contributed by atoms with Crippen LogP contribution in [-0.2, 0) is 30.5 Å². The summed E-state index contributed by atoms with van der Waals surface area (Å²) >= 11 is 0. The highest BCUT2D eigenvalue weighted by atomic mass is 16.6. The first-order valence-corrected chi connectivity index (χ1v) is 12.0. The molecule has 1 amide bonds. The van der Waals surface area contributed by atoms with Crippen molar-refractivity contribution in [3.8, 4) is 0 Å². The molecule has 0 bridgehead atoms. The number of aromatic nitrogens is 4. The second kappa shape index (κ2) is 13.6. The van der Waals surface area contributed by atoms with Crippen molar-refractivity contribution in [3.05, 3.63) is 52.1 Å². The highest BCUT2D eigenvalue weighted by Gasteiger charge is 2.23. The Bertz CT molecular complexity index is 1520. The number of carbonyl (C=O) groups is 5. The number of carboxylic acids is 2. The summed E-state index contributed by atoms with van der Waals surface area (Å²) in [5.41, 5.74) is 11.5. The lowest BCUT2D eigenvalue weighted by Gasteiger charge is -2.14. The van der Waals surface area contributed by atoms with Crippen LogP contribution in [0.25, 0.3) is 11.2 Å². The Morgan fingerprint density at radius 2 is 1.63 bits per heavy atom. The first-order chi connectivity index (χ1) is 19.4. The minimum absolute atomic E-state index is 0.0267. The molecule has 3 rings (SSSR count). The molecule has 0 aliphatic heterocycles. The van der Waals surface area contributed by atoms with Gasteiger partial charge in [0.25, 0.3) is 11.5 Å². The summed E-state index contributed by atoms with van der Waals surface area (Å²) in [5, 5.41) is 23.5. The molecule has 0 aliphatic rings. The summed E-state index contributed by atoms with van der Waals surface area (Å²) in [7, 11) is 0. The maximum Gasteiger partial charge on any atom is 0.326 e. The molecule has 0 unspecified atom stereocenters. The van der Waals surface area contributed by atoms with Crippen LogP contribution >= 0.6 is 0 Å². The van der Waals surface area contributed by atoms with Crippen LogP contribution in [0.1, 0.15) is 41.7 Å². The van der Waals surface area contributed by atoms with Crippen molar-refractivity contribution in [2.24, 2.45) is 5.73 Å². The summed E-state index contributed by atoms with van der Waals surface area (Å²) in [5.74, 6) is -5.54. The van der Waals surface area contributed by atoms with E-state index in [1.165, 1.54) is 18.3 Å². The van der Waals surface area contributed by atoms with Gasteiger partial charge in [-0.25, -0.2) is 14.8 Å². The van der Waals surface area contributed by atoms with E-state index in [1.54, 1.807) is 12.1 Å². The van der Waals surface area contributed by atoms with Gasteiger partial charge in [0, 0.05) is 24.1 Å². The van der Waals surface area contributed by atoms with Crippen LogP contribution < -0.4 is 27.7 Å². The Morgan fingerprint density at radius 1 is 0.976 bits per heavy atom. The average Bonchev–Trinajstić information content (AvgIpc) is 2.92. The number of carboxylic acid groups (broad SMARTS) is 2. The van der Waals surface area contributed by atoms with Gasteiger partial charge in [-0.3, -0.25) is 29.0 Å². The largest absolute Gasteiger partial charge is 0.480 e. The molecule has 0 fully saturated rings. The number of hydrogen-bond acceptors (Lipinski definition) is 13. The Hall–Kier alpha value is -5.45. The molecule has 0 saturated carbocycles. The number of aliphatic carboxylic acids is 2. The molecule has 0 saturated heterocycles. The van der Waals surface area contributed by atoms with Crippen LogP contribution in [0.15, 0.2) is 35.3 Å². The van der Waals surface area contributed by atoms with Gasteiger partial charge in [0.1, 0.15) is 12.1 Å². The van der Waals surface area contributed by atoms with Crippen LogP contribution in [0.3, 0.4) is 0 Å². The van der Waals surface area contributed by atoms with E-state index in [1.807, 2.05) is 0 Å². The van der Waals surface area contributed by atoms with Gasteiger partial charge in [-0.1, -0.05) is 0 Å². The second-order valence-electron chi connectivity index (χ2n) is 8.65. The summed E-state index contributed by atoms with van der Waals surface area (Å²) < 4.78 is 4.53. The standard InChI is InChI=1S/C24H26N8O9/c25-14(22(37)38)5-7-16(33)41-17(34)8-6-15(23(39)40)30-20(35)11-1-3-12(4-2-11)27-9-13-10-28-19-18(29-13)21(36)32-24(26)31-19/h1-4,10,14-15,27H,5-9,25H2,(H,30,35)(H,37,38)(H,39,40)(H3,26,28,31,32,36)/t14-,15-/m0/s1. The van der Waals surface area contributed by atoms with E-state index in [0.717, 1.165) is 0 Å². The lowest BCUT2D eigenvalue weighted by molar-refractivity contribution is -0.159. The van der Waals surface area contributed by atoms with E-state index in [4.69, 9.17) is 16.6 Å². The zero-order valence-corrected chi connectivity index (χ0v) is 21.3. The molecule has 1 aromatic carbocycles. The number of H-pyrrole nitrogens is 1. The molecule has 216 valence electrons. The molecule has 2 atom stereocenters. The van der Waals surface area contributed by atoms with Crippen LogP contribution in [0, 0.1) is 0 Å². The SMILES string of the molecule is Nc1nc2ncc(CNc3ccc(C(=O)N[C@@H](CCC(=O)OC(=O)CC[C@H](N)C(=O)O)C(=O)O)cc3)nc2c(=O)[nH]1. The number of carbonyl (C=O) groups excluding carboxylic acids is 3. The topological polar surface area (TPSA) is 283 Å². The Balaban J connectivity index is 1.50. The normalized spacial score (nSPS) is 12.2. The van der Waals surface area contributed by atoms with E-state index in [9.17, 15) is 33.9 Å². The molecule has 2 heterocycles. The fourth-order valence-electron chi connectivity index (χ4n) is 3.38. The van der Waals surface area contributed by atoms with E-state index < -0.39 is 60.3 Å². The Labute approximate surface area is 230 Å². The van der Waals surface area contributed by atoms with Crippen molar-refractivity contribution in [2.45, 2.75) is 44.3 Å². The summed E-state index contributed by atoms with van der Waals surface area (Å²) in [6, 6.07) is 3.26. The number of anilines is 2. The lowest BCUT2D eigenvalue weighted by atomic mass is 10.1. The highest BCUT2D eigenvalue weighted by Crippen LogP contribution is 2.12. The molecule has 3 aromatic rings. The van der Waals surface area contributed by atoms with Gasteiger partial charge in [-0.15, -0.1) is 0 Å². The molecular formula is C24H26N8O9. The van der Waals surface area contributed by atoms with E-state index in [2.05, 4.69) is 35.3 Å². The molecule has 17 heteroatoms.